The maximum Gasteiger partial charge on any atom is 0.322 e. The summed E-state index contributed by atoms with van der Waals surface area (Å²) >= 11 is 1.52. The molecule has 0 unspecified atom stereocenters. The lowest BCUT2D eigenvalue weighted by molar-refractivity contribution is -0.116. The fourth-order valence-corrected chi connectivity index (χ4v) is 4.46. The number of hydrogen-bond acceptors (Lipinski definition) is 7. The van der Waals surface area contributed by atoms with Crippen LogP contribution in [-0.4, -0.2) is 30.3 Å². The van der Waals surface area contributed by atoms with Gasteiger partial charge in [-0.2, -0.15) is 0 Å². The van der Waals surface area contributed by atoms with Crippen molar-refractivity contribution < 1.29 is 22.0 Å². The monoisotopic (exact) mass is 435 g/mol. The van der Waals surface area contributed by atoms with Gasteiger partial charge in [0.1, 0.15) is 5.82 Å². The number of sulfone groups is 1. The second-order valence-electron chi connectivity index (χ2n) is 6.03. The molecule has 1 amide bonds. The molecule has 2 aromatic carbocycles. The molecule has 0 radical (unpaired) electrons. The van der Waals surface area contributed by atoms with Crippen LogP contribution >= 0.6 is 11.8 Å². The van der Waals surface area contributed by atoms with Crippen LogP contribution < -0.4 is 5.32 Å². The highest BCUT2D eigenvalue weighted by atomic mass is 32.2. The molecule has 0 aliphatic rings. The van der Waals surface area contributed by atoms with Crippen molar-refractivity contribution in [2.45, 2.75) is 28.4 Å². The van der Waals surface area contributed by atoms with Gasteiger partial charge in [-0.1, -0.05) is 23.3 Å². The topological polar surface area (TPSA) is 102 Å². The van der Waals surface area contributed by atoms with Gasteiger partial charge in [0.05, 0.1) is 16.4 Å². The van der Waals surface area contributed by atoms with E-state index in [1.807, 2.05) is 30.3 Å². The molecule has 29 heavy (non-hydrogen) atoms. The van der Waals surface area contributed by atoms with Gasteiger partial charge >= 0.3 is 6.01 Å². The standard InChI is InChI=1S/C19H18FN3O4S2/c20-14-8-10-16(11-9-14)29(25,26)12-4-7-17(24)21-19-23-22-18(27-19)13-28-15-5-2-1-3-6-15/h1-3,5-6,8-11H,4,7,12-13H2,(H,21,23,24). The molecule has 1 aromatic heterocycles. The molecule has 10 heteroatoms. The number of carbonyl (C=O) groups is 1. The quantitative estimate of drug-likeness (QED) is 0.404. The minimum atomic E-state index is -3.58. The van der Waals surface area contributed by atoms with Crippen LogP contribution in [0.2, 0.25) is 0 Å². The first-order valence-corrected chi connectivity index (χ1v) is 11.3. The zero-order valence-electron chi connectivity index (χ0n) is 15.2. The van der Waals surface area contributed by atoms with Crippen molar-refractivity contribution in [1.29, 1.82) is 0 Å². The lowest BCUT2D eigenvalue weighted by Crippen LogP contribution is -2.14. The van der Waals surface area contributed by atoms with E-state index < -0.39 is 21.6 Å². The number of amides is 1. The van der Waals surface area contributed by atoms with Gasteiger partial charge in [0.15, 0.2) is 9.84 Å². The number of benzene rings is 2. The maximum atomic E-state index is 12.9. The number of halogens is 1. The normalized spacial score (nSPS) is 11.3. The van der Waals surface area contributed by atoms with E-state index in [9.17, 15) is 17.6 Å². The summed E-state index contributed by atoms with van der Waals surface area (Å²) in [5.41, 5.74) is 0. The number of hydrogen-bond donors (Lipinski definition) is 1. The first-order valence-electron chi connectivity index (χ1n) is 8.71. The van der Waals surface area contributed by atoms with Gasteiger partial charge in [-0.3, -0.25) is 10.1 Å². The largest absolute Gasteiger partial charge is 0.407 e. The highest BCUT2D eigenvalue weighted by Gasteiger charge is 2.16. The van der Waals surface area contributed by atoms with E-state index in [0.29, 0.717) is 11.6 Å². The third-order valence-corrected chi connectivity index (χ3v) is 6.62. The van der Waals surface area contributed by atoms with Crippen molar-refractivity contribution in [1.82, 2.24) is 10.2 Å². The lowest BCUT2D eigenvalue weighted by atomic mass is 10.3. The van der Waals surface area contributed by atoms with Crippen LogP contribution in [0, 0.1) is 5.82 Å². The maximum absolute atomic E-state index is 12.9. The number of rotatable bonds is 9. The van der Waals surface area contributed by atoms with Crippen molar-refractivity contribution in [3.63, 3.8) is 0 Å². The fraction of sp³-hybridized carbons (Fsp3) is 0.211. The number of nitrogens with zero attached hydrogens (tertiary/aromatic N) is 2. The van der Waals surface area contributed by atoms with Gasteiger partial charge in [-0.15, -0.1) is 16.9 Å². The Morgan fingerprint density at radius 3 is 2.52 bits per heavy atom. The molecule has 0 spiro atoms. The van der Waals surface area contributed by atoms with E-state index in [-0.39, 0.29) is 29.5 Å². The summed E-state index contributed by atoms with van der Waals surface area (Å²) in [6, 6.07) is 14.3. The van der Waals surface area contributed by atoms with Crippen LogP contribution in [0.15, 0.2) is 68.8 Å². The third-order valence-electron chi connectivity index (χ3n) is 3.81. The molecule has 0 bridgehead atoms. The van der Waals surface area contributed by atoms with Crippen molar-refractivity contribution in [2.24, 2.45) is 0 Å². The molecular weight excluding hydrogens is 417 g/mol. The van der Waals surface area contributed by atoms with Crippen LogP contribution in [0.1, 0.15) is 18.7 Å². The highest BCUT2D eigenvalue weighted by Crippen LogP contribution is 2.22. The Kier molecular flexibility index (Phi) is 6.99. The molecule has 0 fully saturated rings. The summed E-state index contributed by atoms with van der Waals surface area (Å²) in [5, 5.41) is 10.1. The van der Waals surface area contributed by atoms with E-state index in [2.05, 4.69) is 15.5 Å². The smallest absolute Gasteiger partial charge is 0.322 e. The van der Waals surface area contributed by atoms with Crippen molar-refractivity contribution >= 4 is 33.5 Å². The van der Waals surface area contributed by atoms with E-state index >= 15 is 0 Å². The summed E-state index contributed by atoms with van der Waals surface area (Å²) in [5.74, 6) is -0.333. The second-order valence-corrected chi connectivity index (χ2v) is 9.19. The van der Waals surface area contributed by atoms with Gasteiger partial charge < -0.3 is 4.42 Å². The molecule has 1 heterocycles. The summed E-state index contributed by atoms with van der Waals surface area (Å²) in [7, 11) is -3.58. The summed E-state index contributed by atoms with van der Waals surface area (Å²) in [4.78, 5) is 13.1. The molecule has 0 saturated heterocycles. The lowest BCUT2D eigenvalue weighted by Gasteiger charge is -2.04. The first kappa shape index (κ1) is 21.0. The second kappa shape index (κ2) is 9.66. The van der Waals surface area contributed by atoms with Gasteiger partial charge in [0.25, 0.3) is 0 Å². The zero-order valence-corrected chi connectivity index (χ0v) is 16.9. The van der Waals surface area contributed by atoms with E-state index in [1.54, 1.807) is 0 Å². The SMILES string of the molecule is O=C(CCCS(=O)(=O)c1ccc(F)cc1)Nc1nnc(CSc2ccccc2)o1. The Balaban J connectivity index is 1.44. The molecule has 1 N–H and O–H groups in total. The highest BCUT2D eigenvalue weighted by molar-refractivity contribution is 7.98. The average Bonchev–Trinajstić information content (AvgIpc) is 3.14. The van der Waals surface area contributed by atoms with Crippen molar-refractivity contribution in [3.05, 3.63) is 66.3 Å². The predicted octanol–water partition coefficient (Wildman–Crippen LogP) is 3.69. The number of nitrogens with one attached hydrogen (secondary N) is 1. The van der Waals surface area contributed by atoms with Gasteiger partial charge in [0, 0.05) is 11.3 Å². The summed E-state index contributed by atoms with van der Waals surface area (Å²) in [6.07, 6.45) is 0.0767. The first-order chi connectivity index (χ1) is 13.9. The Labute approximate surface area is 171 Å². The van der Waals surface area contributed by atoms with Crippen molar-refractivity contribution in [2.75, 3.05) is 11.1 Å². The van der Waals surface area contributed by atoms with Crippen molar-refractivity contribution in [3.8, 4) is 0 Å². The van der Waals surface area contributed by atoms with E-state index in [0.717, 1.165) is 17.0 Å². The predicted molar refractivity (Wildman–Crippen MR) is 107 cm³/mol. The summed E-state index contributed by atoms with van der Waals surface area (Å²) < 4.78 is 42.6. The number of thioether (sulfide) groups is 1. The molecule has 0 saturated carbocycles. The molecular formula is C19H18FN3O4S2. The molecule has 3 aromatic rings. The minimum absolute atomic E-state index is 0.0248. The number of anilines is 1. The minimum Gasteiger partial charge on any atom is -0.407 e. The van der Waals surface area contributed by atoms with Crippen LogP contribution in [0.25, 0.3) is 0 Å². The molecule has 0 atom stereocenters. The molecule has 0 aliphatic heterocycles. The van der Waals surface area contributed by atoms with E-state index in [1.165, 1.54) is 23.9 Å². The van der Waals surface area contributed by atoms with Crippen LogP contribution in [0.3, 0.4) is 0 Å². The number of aromatic nitrogens is 2. The molecule has 3 rings (SSSR count). The Hall–Kier alpha value is -2.72. The average molecular weight is 436 g/mol. The van der Waals surface area contributed by atoms with Crippen LogP contribution in [-0.2, 0) is 20.4 Å². The van der Waals surface area contributed by atoms with Gasteiger partial charge in [-0.25, -0.2) is 12.8 Å². The third kappa shape index (κ3) is 6.40. The van der Waals surface area contributed by atoms with E-state index in [4.69, 9.17) is 4.42 Å². The van der Waals surface area contributed by atoms with Crippen LogP contribution in [0.5, 0.6) is 0 Å². The molecule has 7 nitrogen and oxygen atoms in total. The van der Waals surface area contributed by atoms with Crippen LogP contribution in [0.4, 0.5) is 10.4 Å². The van der Waals surface area contributed by atoms with Gasteiger partial charge in [-0.05, 0) is 42.8 Å². The van der Waals surface area contributed by atoms with Gasteiger partial charge in [0.2, 0.25) is 11.8 Å². The number of carbonyl (C=O) groups excluding carboxylic acids is 1. The Morgan fingerprint density at radius 1 is 1.07 bits per heavy atom. The zero-order chi connectivity index (χ0) is 20.7. The molecule has 152 valence electrons. The molecule has 0 aliphatic carbocycles. The summed E-state index contributed by atoms with van der Waals surface area (Å²) in [6.45, 7) is 0. The Bertz CT molecular complexity index is 1050. The fourth-order valence-electron chi connectivity index (χ4n) is 2.39. The Morgan fingerprint density at radius 2 is 1.79 bits per heavy atom.